The van der Waals surface area contributed by atoms with Gasteiger partial charge in [-0.05, 0) is 93.8 Å². The van der Waals surface area contributed by atoms with E-state index in [-0.39, 0.29) is 32.7 Å². The Morgan fingerprint density at radius 2 is 0.961 bits per heavy atom. The molecule has 0 amide bonds. The van der Waals surface area contributed by atoms with Crippen LogP contribution in [0.25, 0.3) is 109 Å². The lowest BCUT2D eigenvalue weighted by Gasteiger charge is -2.19. The molecular formula is C50H30O. The molecule has 10 aromatic carbocycles. The van der Waals surface area contributed by atoms with E-state index in [1.807, 2.05) is 72.8 Å². The fourth-order valence-electron chi connectivity index (χ4n) is 7.59. The molecule has 0 bridgehead atoms. The first-order valence-corrected chi connectivity index (χ1v) is 16.4. The summed E-state index contributed by atoms with van der Waals surface area (Å²) in [5, 5.41) is 3.38. The first-order valence-electron chi connectivity index (χ1n) is 23.9. The summed E-state index contributed by atoms with van der Waals surface area (Å²) < 4.78 is 142. The van der Waals surface area contributed by atoms with Crippen LogP contribution >= 0.6 is 0 Å². The standard InChI is InChI=1S/C50H30O/c1-2-14-33-30-34(27-26-31(33)12-1)47-40-16-5-7-18-42(40)48(43-19-8-6-17-41(43)47)39-23-10-20-36-37(39)21-9-22-38(36)44-24-11-25-45-49-35-15-4-3-13-32(35)28-29-46(49)51-50(44)45/h1-30H/i1D,2D,5D,6D,7D,8D,12D,14D,16D,17D,18D,19D,26D,27D,30D. The zero-order valence-corrected chi connectivity index (χ0v) is 26.6. The molecule has 0 saturated heterocycles. The Kier molecular flexibility index (Phi) is 3.70. The number of rotatable bonds is 3. The Morgan fingerprint density at radius 3 is 1.73 bits per heavy atom. The van der Waals surface area contributed by atoms with Gasteiger partial charge in [0.25, 0.3) is 0 Å². The first-order chi connectivity index (χ1) is 31.6. The van der Waals surface area contributed by atoms with Gasteiger partial charge in [0.05, 0.1) is 20.6 Å². The van der Waals surface area contributed by atoms with Crippen LogP contribution < -0.4 is 0 Å². The molecule has 0 N–H and O–H groups in total. The van der Waals surface area contributed by atoms with Gasteiger partial charge in [-0.3, -0.25) is 0 Å². The fraction of sp³-hybridized carbons (Fsp3) is 0. The second-order valence-corrected chi connectivity index (χ2v) is 12.4. The number of fused-ring (bicyclic) bond motifs is 9. The van der Waals surface area contributed by atoms with E-state index in [4.69, 9.17) is 16.8 Å². The molecule has 1 nitrogen and oxygen atoms in total. The third kappa shape index (κ3) is 4.16. The normalized spacial score (nSPS) is 16.0. The molecule has 0 saturated carbocycles. The van der Waals surface area contributed by atoms with E-state index in [1.165, 1.54) is 0 Å². The van der Waals surface area contributed by atoms with Crippen molar-refractivity contribution >= 4 is 75.8 Å². The van der Waals surface area contributed by atoms with Crippen molar-refractivity contribution in [3.8, 4) is 33.4 Å². The van der Waals surface area contributed by atoms with E-state index in [0.717, 1.165) is 32.7 Å². The van der Waals surface area contributed by atoms with Crippen molar-refractivity contribution in [2.24, 2.45) is 0 Å². The molecule has 1 heteroatoms. The maximum absolute atomic E-state index is 9.53. The van der Waals surface area contributed by atoms with Crippen LogP contribution in [-0.4, -0.2) is 0 Å². The molecule has 11 aromatic rings. The number of hydrogen-bond donors (Lipinski definition) is 0. The minimum atomic E-state index is -0.740. The van der Waals surface area contributed by atoms with Crippen molar-refractivity contribution < 1.29 is 25.0 Å². The number of para-hydroxylation sites is 1. The summed E-state index contributed by atoms with van der Waals surface area (Å²) in [5.41, 5.74) is 2.36. The molecule has 0 aliphatic carbocycles. The van der Waals surface area contributed by atoms with Crippen molar-refractivity contribution in [3.63, 3.8) is 0 Å². The van der Waals surface area contributed by atoms with Crippen molar-refractivity contribution in [2.45, 2.75) is 0 Å². The Bertz CT molecular complexity index is 3980. The van der Waals surface area contributed by atoms with Gasteiger partial charge in [-0.15, -0.1) is 0 Å². The van der Waals surface area contributed by atoms with E-state index in [0.29, 0.717) is 27.5 Å². The molecule has 0 atom stereocenters. The number of hydrogen-bond acceptors (Lipinski definition) is 1. The summed E-state index contributed by atoms with van der Waals surface area (Å²) in [6, 6.07) is 18.8. The topological polar surface area (TPSA) is 13.1 Å². The first kappa shape index (κ1) is 17.3. The highest BCUT2D eigenvalue weighted by molar-refractivity contribution is 6.25. The van der Waals surface area contributed by atoms with Crippen LogP contribution in [0.5, 0.6) is 0 Å². The molecule has 1 aromatic heterocycles. The van der Waals surface area contributed by atoms with Gasteiger partial charge in [0.1, 0.15) is 11.2 Å². The summed E-state index contributed by atoms with van der Waals surface area (Å²) >= 11 is 0. The number of benzene rings is 10. The highest BCUT2D eigenvalue weighted by Gasteiger charge is 2.20. The average Bonchev–Trinajstić information content (AvgIpc) is 3.72. The van der Waals surface area contributed by atoms with E-state index in [2.05, 4.69) is 6.07 Å². The summed E-state index contributed by atoms with van der Waals surface area (Å²) in [6.07, 6.45) is 0. The van der Waals surface area contributed by atoms with Gasteiger partial charge in [0.15, 0.2) is 0 Å². The maximum Gasteiger partial charge on any atom is 0.143 e. The van der Waals surface area contributed by atoms with Gasteiger partial charge in [-0.2, -0.15) is 0 Å². The van der Waals surface area contributed by atoms with Crippen LogP contribution in [0.2, 0.25) is 0 Å². The van der Waals surface area contributed by atoms with Crippen LogP contribution in [0.4, 0.5) is 0 Å². The monoisotopic (exact) mass is 661 g/mol. The molecular weight excluding hydrogens is 617 g/mol. The molecule has 1 heterocycles. The van der Waals surface area contributed by atoms with Crippen molar-refractivity contribution in [2.75, 3.05) is 0 Å². The zero-order valence-electron chi connectivity index (χ0n) is 41.6. The Morgan fingerprint density at radius 1 is 0.373 bits per heavy atom. The van der Waals surface area contributed by atoms with Crippen LogP contribution in [0, 0.1) is 0 Å². The molecule has 0 aliphatic rings. The lowest BCUT2D eigenvalue weighted by molar-refractivity contribution is 0.670. The minimum Gasteiger partial charge on any atom is -0.455 e. The minimum absolute atomic E-state index is 0.0331. The Labute approximate surface area is 315 Å². The van der Waals surface area contributed by atoms with Gasteiger partial charge in [0.2, 0.25) is 0 Å². The van der Waals surface area contributed by atoms with Gasteiger partial charge < -0.3 is 4.42 Å². The Hall–Kier alpha value is -6.70. The summed E-state index contributed by atoms with van der Waals surface area (Å²) in [5.74, 6) is 0. The van der Waals surface area contributed by atoms with Gasteiger partial charge in [-0.1, -0.05) is 170 Å². The van der Waals surface area contributed by atoms with Gasteiger partial charge >= 0.3 is 0 Å². The van der Waals surface area contributed by atoms with Crippen LogP contribution in [-0.2, 0) is 0 Å². The quantitative estimate of drug-likeness (QED) is 0.172. The second-order valence-electron chi connectivity index (χ2n) is 12.4. The highest BCUT2D eigenvalue weighted by Crippen LogP contribution is 2.47. The van der Waals surface area contributed by atoms with Crippen LogP contribution in [0.3, 0.4) is 0 Å². The SMILES string of the molecule is [2H]c1c([2H])c([2H])c2c([2H])c(-c3c4c([2H])c([2H])c([2H])c([2H])c4c(-c4cccc5c(-c6cccc7c6oc6ccc8ccccc8c67)cccc45)c4c([2H])c([2H])c([2H])c([2H])c34)c([2H])c([2H])c2c1[2H]. The van der Waals surface area contributed by atoms with Crippen molar-refractivity contribution in [1.29, 1.82) is 0 Å². The van der Waals surface area contributed by atoms with Crippen molar-refractivity contribution in [3.05, 3.63) is 182 Å². The largest absolute Gasteiger partial charge is 0.455 e. The molecule has 11 rings (SSSR count). The predicted octanol–water partition coefficient (Wildman–Crippen LogP) is 14.4. The lowest BCUT2D eigenvalue weighted by Crippen LogP contribution is -1.92. The summed E-state index contributed by atoms with van der Waals surface area (Å²) in [4.78, 5) is 0. The van der Waals surface area contributed by atoms with Gasteiger partial charge in [-0.25, -0.2) is 0 Å². The average molecular weight is 662 g/mol. The molecule has 0 unspecified atom stereocenters. The Balaban J connectivity index is 1.32. The third-order valence-corrected chi connectivity index (χ3v) is 9.74. The highest BCUT2D eigenvalue weighted by atomic mass is 16.3. The second kappa shape index (κ2) is 10.9. The molecule has 0 spiro atoms. The smallest absolute Gasteiger partial charge is 0.143 e. The van der Waals surface area contributed by atoms with E-state index in [9.17, 15) is 8.22 Å². The molecule has 51 heavy (non-hydrogen) atoms. The third-order valence-electron chi connectivity index (χ3n) is 9.74. The lowest BCUT2D eigenvalue weighted by atomic mass is 9.84. The summed E-state index contributed by atoms with van der Waals surface area (Å²) in [6.45, 7) is 0. The number of furan rings is 1. The fourth-order valence-corrected chi connectivity index (χ4v) is 7.59. The zero-order chi connectivity index (χ0) is 46.5. The molecule has 236 valence electrons. The van der Waals surface area contributed by atoms with E-state index >= 15 is 0 Å². The molecule has 0 radical (unpaired) electrons. The van der Waals surface area contributed by atoms with Gasteiger partial charge in [0, 0.05) is 16.3 Å². The predicted molar refractivity (Wildman–Crippen MR) is 218 cm³/mol. The maximum atomic E-state index is 9.53. The summed E-state index contributed by atoms with van der Waals surface area (Å²) in [7, 11) is 0. The van der Waals surface area contributed by atoms with Crippen LogP contribution in [0.15, 0.2) is 186 Å². The molecule has 0 aliphatic heterocycles. The molecule has 0 fully saturated rings. The van der Waals surface area contributed by atoms with E-state index in [1.54, 1.807) is 12.1 Å². The van der Waals surface area contributed by atoms with Crippen LogP contribution in [0.1, 0.15) is 20.6 Å². The van der Waals surface area contributed by atoms with E-state index < -0.39 is 107 Å². The van der Waals surface area contributed by atoms with Crippen molar-refractivity contribution in [1.82, 2.24) is 0 Å².